The van der Waals surface area contributed by atoms with Gasteiger partial charge in [0, 0.05) is 12.6 Å². The Morgan fingerprint density at radius 3 is 2.76 bits per heavy atom. The number of benzene rings is 1. The number of methoxy groups -OCH3 is 1. The van der Waals surface area contributed by atoms with Crippen LogP contribution in [-0.4, -0.2) is 44.7 Å². The second-order valence-corrected chi connectivity index (χ2v) is 5.80. The molecule has 1 aliphatic carbocycles. The first kappa shape index (κ1) is 16.5. The Hall–Kier alpha value is -0.820. The van der Waals surface area contributed by atoms with E-state index in [0.717, 1.165) is 16.6 Å². The molecule has 0 saturated heterocycles. The van der Waals surface area contributed by atoms with Crippen LogP contribution >= 0.6 is 15.9 Å². The molecular weight excluding hydrogens is 338 g/mol. The van der Waals surface area contributed by atoms with E-state index in [4.69, 9.17) is 19.3 Å². The second-order valence-electron chi connectivity index (χ2n) is 4.95. The van der Waals surface area contributed by atoms with Gasteiger partial charge in [0.25, 0.3) is 0 Å². The molecule has 0 heterocycles. The number of ether oxygens (including phenoxy) is 3. The molecule has 1 fully saturated rings. The SMILES string of the molecule is COc1cc(CNC2CC2)cc(Br)c1OCCOCCO. The summed E-state index contributed by atoms with van der Waals surface area (Å²) in [6.45, 7) is 2.03. The summed E-state index contributed by atoms with van der Waals surface area (Å²) in [6.07, 6.45) is 2.54. The van der Waals surface area contributed by atoms with Crippen molar-refractivity contribution >= 4 is 15.9 Å². The lowest BCUT2D eigenvalue weighted by molar-refractivity contribution is 0.0697. The highest BCUT2D eigenvalue weighted by Crippen LogP contribution is 2.36. The molecule has 2 rings (SSSR count). The molecule has 1 aliphatic rings. The van der Waals surface area contributed by atoms with E-state index in [-0.39, 0.29) is 6.61 Å². The summed E-state index contributed by atoms with van der Waals surface area (Å²) in [4.78, 5) is 0. The first-order chi connectivity index (χ1) is 10.2. The lowest BCUT2D eigenvalue weighted by Gasteiger charge is -2.14. The Morgan fingerprint density at radius 2 is 2.10 bits per heavy atom. The predicted molar refractivity (Wildman–Crippen MR) is 84.0 cm³/mol. The molecule has 0 aromatic heterocycles. The molecule has 0 aliphatic heterocycles. The van der Waals surface area contributed by atoms with E-state index < -0.39 is 0 Å². The standard InChI is InChI=1S/C15H22BrNO4/c1-19-14-9-11(10-17-12-2-3-12)8-13(16)15(14)21-7-6-20-5-4-18/h8-9,12,17-18H,2-7,10H2,1H3. The highest BCUT2D eigenvalue weighted by atomic mass is 79.9. The lowest BCUT2D eigenvalue weighted by Crippen LogP contribution is -2.15. The molecule has 6 heteroatoms. The molecule has 0 bridgehead atoms. The summed E-state index contributed by atoms with van der Waals surface area (Å²) < 4.78 is 17.1. The summed E-state index contributed by atoms with van der Waals surface area (Å²) >= 11 is 3.53. The van der Waals surface area contributed by atoms with Crippen molar-refractivity contribution in [3.05, 3.63) is 22.2 Å². The van der Waals surface area contributed by atoms with Crippen molar-refractivity contribution in [1.29, 1.82) is 0 Å². The van der Waals surface area contributed by atoms with Gasteiger partial charge >= 0.3 is 0 Å². The number of rotatable bonds is 10. The van der Waals surface area contributed by atoms with Crippen LogP contribution in [0.2, 0.25) is 0 Å². The molecule has 21 heavy (non-hydrogen) atoms. The van der Waals surface area contributed by atoms with Crippen molar-refractivity contribution in [3.63, 3.8) is 0 Å². The van der Waals surface area contributed by atoms with Gasteiger partial charge in [-0.05, 0) is 46.5 Å². The van der Waals surface area contributed by atoms with Gasteiger partial charge < -0.3 is 24.6 Å². The molecular formula is C15H22BrNO4. The molecule has 1 aromatic carbocycles. The zero-order valence-corrected chi connectivity index (χ0v) is 13.8. The molecule has 5 nitrogen and oxygen atoms in total. The Kier molecular flexibility index (Phi) is 6.76. The number of aliphatic hydroxyl groups excluding tert-OH is 1. The third kappa shape index (κ3) is 5.47. The van der Waals surface area contributed by atoms with Crippen molar-refractivity contribution in [2.24, 2.45) is 0 Å². The van der Waals surface area contributed by atoms with Gasteiger partial charge in [-0.1, -0.05) is 0 Å². The van der Waals surface area contributed by atoms with Gasteiger partial charge in [-0.2, -0.15) is 0 Å². The molecule has 118 valence electrons. The number of nitrogens with one attached hydrogen (secondary N) is 1. The molecule has 0 amide bonds. The molecule has 0 unspecified atom stereocenters. The van der Waals surface area contributed by atoms with Gasteiger partial charge in [0.05, 0.1) is 31.4 Å². The fourth-order valence-electron chi connectivity index (χ4n) is 1.93. The Labute approximate surface area is 133 Å². The van der Waals surface area contributed by atoms with Gasteiger partial charge in [-0.15, -0.1) is 0 Å². The topological polar surface area (TPSA) is 60.0 Å². The van der Waals surface area contributed by atoms with Crippen LogP contribution in [0, 0.1) is 0 Å². The van der Waals surface area contributed by atoms with Crippen LogP contribution in [-0.2, 0) is 11.3 Å². The second kappa shape index (κ2) is 8.58. The zero-order valence-electron chi connectivity index (χ0n) is 12.2. The van der Waals surface area contributed by atoms with Crippen LogP contribution in [0.15, 0.2) is 16.6 Å². The van der Waals surface area contributed by atoms with Gasteiger partial charge in [-0.3, -0.25) is 0 Å². The normalized spacial score (nSPS) is 14.2. The summed E-state index contributed by atoms with van der Waals surface area (Å²) in [7, 11) is 1.63. The highest BCUT2D eigenvalue weighted by molar-refractivity contribution is 9.10. The van der Waals surface area contributed by atoms with E-state index in [0.29, 0.717) is 37.4 Å². The largest absolute Gasteiger partial charge is 0.493 e. The fraction of sp³-hybridized carbons (Fsp3) is 0.600. The highest BCUT2D eigenvalue weighted by Gasteiger charge is 2.20. The first-order valence-electron chi connectivity index (χ1n) is 7.15. The molecule has 2 N–H and O–H groups in total. The first-order valence-corrected chi connectivity index (χ1v) is 7.95. The zero-order chi connectivity index (χ0) is 15.1. The number of halogens is 1. The number of hydrogen-bond donors (Lipinski definition) is 2. The predicted octanol–water partition coefficient (Wildman–Crippen LogP) is 2.10. The van der Waals surface area contributed by atoms with E-state index in [1.54, 1.807) is 7.11 Å². The molecule has 1 aromatic rings. The van der Waals surface area contributed by atoms with Crippen LogP contribution in [0.3, 0.4) is 0 Å². The molecule has 0 radical (unpaired) electrons. The van der Waals surface area contributed by atoms with E-state index in [2.05, 4.69) is 21.2 Å². The van der Waals surface area contributed by atoms with Crippen molar-refractivity contribution < 1.29 is 19.3 Å². The Balaban J connectivity index is 1.91. The molecule has 0 spiro atoms. The minimum atomic E-state index is 0.0235. The van der Waals surface area contributed by atoms with Gasteiger partial charge in [0.1, 0.15) is 6.61 Å². The van der Waals surface area contributed by atoms with Crippen LogP contribution in [0.5, 0.6) is 11.5 Å². The van der Waals surface area contributed by atoms with Crippen molar-refractivity contribution in [2.45, 2.75) is 25.4 Å². The van der Waals surface area contributed by atoms with Crippen molar-refractivity contribution in [3.8, 4) is 11.5 Å². The lowest BCUT2D eigenvalue weighted by atomic mass is 10.2. The monoisotopic (exact) mass is 359 g/mol. The average Bonchev–Trinajstić information content (AvgIpc) is 3.30. The maximum atomic E-state index is 8.63. The van der Waals surface area contributed by atoms with E-state index in [1.807, 2.05) is 12.1 Å². The quantitative estimate of drug-likeness (QED) is 0.626. The van der Waals surface area contributed by atoms with Gasteiger partial charge in [-0.25, -0.2) is 0 Å². The third-order valence-electron chi connectivity index (χ3n) is 3.17. The average molecular weight is 360 g/mol. The summed E-state index contributed by atoms with van der Waals surface area (Å²) in [5.74, 6) is 1.39. The summed E-state index contributed by atoms with van der Waals surface area (Å²) in [5, 5.41) is 12.1. The summed E-state index contributed by atoms with van der Waals surface area (Å²) in [6, 6.07) is 4.71. The smallest absolute Gasteiger partial charge is 0.175 e. The fourth-order valence-corrected chi connectivity index (χ4v) is 2.54. The van der Waals surface area contributed by atoms with E-state index in [9.17, 15) is 0 Å². The van der Waals surface area contributed by atoms with Crippen LogP contribution < -0.4 is 14.8 Å². The van der Waals surface area contributed by atoms with Gasteiger partial charge in [0.15, 0.2) is 11.5 Å². The molecule has 1 saturated carbocycles. The Morgan fingerprint density at radius 1 is 1.29 bits per heavy atom. The maximum absolute atomic E-state index is 8.63. The van der Waals surface area contributed by atoms with Crippen LogP contribution in [0.25, 0.3) is 0 Å². The van der Waals surface area contributed by atoms with Crippen LogP contribution in [0.4, 0.5) is 0 Å². The minimum absolute atomic E-state index is 0.0235. The maximum Gasteiger partial charge on any atom is 0.175 e. The minimum Gasteiger partial charge on any atom is -0.493 e. The van der Waals surface area contributed by atoms with Crippen molar-refractivity contribution in [1.82, 2.24) is 5.32 Å². The van der Waals surface area contributed by atoms with E-state index in [1.165, 1.54) is 12.8 Å². The third-order valence-corrected chi connectivity index (χ3v) is 3.76. The number of hydrogen-bond acceptors (Lipinski definition) is 5. The van der Waals surface area contributed by atoms with Gasteiger partial charge in [0.2, 0.25) is 0 Å². The van der Waals surface area contributed by atoms with E-state index >= 15 is 0 Å². The van der Waals surface area contributed by atoms with Crippen molar-refractivity contribution in [2.75, 3.05) is 33.5 Å². The van der Waals surface area contributed by atoms with Crippen LogP contribution in [0.1, 0.15) is 18.4 Å². The number of aliphatic hydroxyl groups is 1. The molecule has 0 atom stereocenters. The Bertz CT molecular complexity index is 452. The summed E-state index contributed by atoms with van der Waals surface area (Å²) in [5.41, 5.74) is 1.16.